The van der Waals surface area contributed by atoms with Crippen LogP contribution in [0.4, 0.5) is 0 Å². The van der Waals surface area contributed by atoms with Crippen LogP contribution >= 0.6 is 34.0 Å². The number of methoxy groups -OCH3 is 2. The van der Waals surface area contributed by atoms with E-state index in [9.17, 15) is 19.2 Å². The van der Waals surface area contributed by atoms with E-state index in [-0.39, 0.29) is 48.5 Å². The number of thiophene rings is 1. The number of ketones is 2. The molecule has 2 unspecified atom stereocenters. The van der Waals surface area contributed by atoms with Gasteiger partial charge in [-0.25, -0.2) is 0 Å². The number of esters is 2. The van der Waals surface area contributed by atoms with Gasteiger partial charge in [-0.1, -0.05) is 30.2 Å². The molecule has 2 aromatic rings. The molecule has 0 saturated heterocycles. The molecule has 1 aromatic heterocycles. The van der Waals surface area contributed by atoms with Gasteiger partial charge in [0.05, 0.1) is 31.9 Å². The Kier molecular flexibility index (Phi) is 10.4. The number of Topliss-reactive ketones (excluding diaryl/α,β-unsaturated/α-hetero) is 2. The van der Waals surface area contributed by atoms with Crippen LogP contribution in [0.1, 0.15) is 47.3 Å². The Morgan fingerprint density at radius 3 is 2.37 bits per heavy atom. The average molecular weight is 613 g/mol. The van der Waals surface area contributed by atoms with Crippen molar-refractivity contribution in [1.29, 1.82) is 0 Å². The van der Waals surface area contributed by atoms with Crippen molar-refractivity contribution < 1.29 is 28.7 Å². The fourth-order valence-electron chi connectivity index (χ4n) is 4.53. The highest BCUT2D eigenvalue weighted by molar-refractivity contribution is 8.19. The topological polar surface area (TPSA) is 111 Å². The second-order valence-corrected chi connectivity index (χ2v) is 13.0. The molecule has 0 fully saturated rings. The van der Waals surface area contributed by atoms with Crippen LogP contribution in [0.3, 0.4) is 0 Å². The minimum absolute atomic E-state index is 0.0452. The number of nitrogens with one attached hydrogen (secondary N) is 2. The zero-order valence-electron chi connectivity index (χ0n) is 22.9. The number of allylic oxidation sites excluding steroid dienone is 4. The third kappa shape index (κ3) is 7.87. The molecule has 11 heteroatoms. The first-order valence-corrected chi connectivity index (χ1v) is 15.7. The van der Waals surface area contributed by atoms with Crippen molar-refractivity contribution in [2.45, 2.75) is 43.9 Å². The molecular formula is C30H32N2O6S3. The molecule has 0 saturated carbocycles. The molecule has 1 aliphatic carbocycles. The second kappa shape index (κ2) is 14.0. The van der Waals surface area contributed by atoms with Crippen LogP contribution in [0.5, 0.6) is 0 Å². The van der Waals surface area contributed by atoms with Crippen LogP contribution in [0.15, 0.2) is 58.5 Å². The van der Waals surface area contributed by atoms with E-state index >= 15 is 0 Å². The zero-order valence-corrected chi connectivity index (χ0v) is 25.4. The van der Waals surface area contributed by atoms with Crippen molar-refractivity contribution in [2.75, 3.05) is 20.8 Å². The molecule has 4 rings (SSSR count). The van der Waals surface area contributed by atoms with Gasteiger partial charge in [0.1, 0.15) is 0 Å². The zero-order chi connectivity index (χ0) is 29.5. The summed E-state index contributed by atoms with van der Waals surface area (Å²) in [6.07, 6.45) is 7.23. The van der Waals surface area contributed by atoms with E-state index in [1.165, 1.54) is 31.1 Å². The monoisotopic (exact) mass is 612 g/mol. The summed E-state index contributed by atoms with van der Waals surface area (Å²) in [6.45, 7) is 1.11. The number of carbonyl (C=O) groups is 4. The maximum Gasteiger partial charge on any atom is 0.305 e. The van der Waals surface area contributed by atoms with Crippen molar-refractivity contribution in [3.05, 3.63) is 69.0 Å². The van der Waals surface area contributed by atoms with Gasteiger partial charge < -0.3 is 20.1 Å². The van der Waals surface area contributed by atoms with Crippen molar-refractivity contribution in [3.8, 4) is 0 Å². The highest BCUT2D eigenvalue weighted by Gasteiger charge is 2.31. The van der Waals surface area contributed by atoms with E-state index in [1.54, 1.807) is 0 Å². The first-order valence-electron chi connectivity index (χ1n) is 13.1. The minimum atomic E-state index is -0.471. The number of benzene rings is 1. The summed E-state index contributed by atoms with van der Waals surface area (Å²) in [7, 11) is 2.16. The smallest absolute Gasteiger partial charge is 0.305 e. The Balaban J connectivity index is 1.25. The van der Waals surface area contributed by atoms with Crippen LogP contribution in [-0.2, 0) is 30.4 Å². The molecule has 2 heterocycles. The quantitative estimate of drug-likeness (QED) is 0.199. The van der Waals surface area contributed by atoms with Gasteiger partial charge in [0.25, 0.3) is 0 Å². The lowest BCUT2D eigenvalue weighted by Crippen LogP contribution is -2.36. The Morgan fingerprint density at radius 2 is 1.66 bits per heavy atom. The van der Waals surface area contributed by atoms with Crippen LogP contribution in [0.2, 0.25) is 0 Å². The summed E-state index contributed by atoms with van der Waals surface area (Å²) in [5.74, 6) is 3.38. The van der Waals surface area contributed by atoms with Crippen molar-refractivity contribution in [2.24, 2.45) is 0 Å². The predicted octanol–water partition coefficient (Wildman–Crippen LogP) is 4.75. The Bertz CT molecular complexity index is 1520. The lowest BCUT2D eigenvalue weighted by atomic mass is 9.97. The Morgan fingerprint density at radius 1 is 0.976 bits per heavy atom. The molecule has 0 bridgehead atoms. The van der Waals surface area contributed by atoms with Gasteiger partial charge in [0.2, 0.25) is 0 Å². The number of thiocarbonyl (C=S) groups is 1. The lowest BCUT2D eigenvalue weighted by Gasteiger charge is -2.22. The maximum absolute atomic E-state index is 12.6. The fraction of sp³-hybridized carbons (Fsp3) is 0.333. The van der Waals surface area contributed by atoms with Gasteiger partial charge >= 0.3 is 11.9 Å². The molecule has 0 amide bonds. The first kappa shape index (κ1) is 30.5. The van der Waals surface area contributed by atoms with E-state index in [4.69, 9.17) is 12.2 Å². The second-order valence-electron chi connectivity index (χ2n) is 9.64. The number of hydrogen-bond acceptors (Lipinski definition) is 8. The number of hydrogen-bond donors (Lipinski definition) is 2. The summed E-state index contributed by atoms with van der Waals surface area (Å²) in [5.41, 5.74) is 3.31. The lowest BCUT2D eigenvalue weighted by molar-refractivity contribution is -0.142. The van der Waals surface area contributed by atoms with Gasteiger partial charge in [0, 0.05) is 40.8 Å². The van der Waals surface area contributed by atoms with E-state index in [1.807, 2.05) is 36.4 Å². The van der Waals surface area contributed by atoms with Crippen molar-refractivity contribution >= 4 is 78.6 Å². The molecule has 8 nitrogen and oxygen atoms in total. The molecule has 2 atom stereocenters. The van der Waals surface area contributed by atoms with Gasteiger partial charge in [-0.3, -0.25) is 19.2 Å². The van der Waals surface area contributed by atoms with Crippen LogP contribution in [0, 0.1) is 0 Å². The molecule has 216 valence electrons. The highest BCUT2D eigenvalue weighted by atomic mass is 32.2. The number of fused-ring (bicyclic) bond motifs is 2. The highest BCUT2D eigenvalue weighted by Crippen LogP contribution is 2.46. The predicted molar refractivity (Wildman–Crippen MR) is 168 cm³/mol. The number of rotatable bonds is 12. The number of ether oxygens (including phenoxy) is 2. The molecular weight excluding hydrogens is 581 g/mol. The standard InChI is InChI=1S/C30H32N2O6S3/c1-37-28(35)10-8-22(33)25-14-20-6-4-18(12-24(20)40-25)16-31-30(39)32-17-19-5-7-21-15-27(41(3)26(21)13-19)23(34)9-11-29(36)38-2/h4-7,12,14-15,26H,3,8-11,13,16-17H2,1-2H3,(H2,31,32,39). The average Bonchev–Trinajstić information content (AvgIpc) is 3.56. The van der Waals surface area contributed by atoms with E-state index < -0.39 is 16.5 Å². The Hall–Kier alpha value is -3.41. The molecule has 0 radical (unpaired) electrons. The van der Waals surface area contributed by atoms with Gasteiger partial charge in [0.15, 0.2) is 16.7 Å². The van der Waals surface area contributed by atoms with Gasteiger partial charge in [-0.05, 0) is 58.9 Å². The molecule has 41 heavy (non-hydrogen) atoms. The molecule has 2 aliphatic rings. The van der Waals surface area contributed by atoms with Crippen LogP contribution in [0.25, 0.3) is 10.1 Å². The summed E-state index contributed by atoms with van der Waals surface area (Å²) < 4.78 is 10.3. The summed E-state index contributed by atoms with van der Waals surface area (Å²) in [6, 6.07) is 7.87. The van der Waals surface area contributed by atoms with E-state index in [2.05, 4.69) is 32.1 Å². The largest absolute Gasteiger partial charge is 0.469 e. The van der Waals surface area contributed by atoms with Gasteiger partial charge in [-0.15, -0.1) is 11.3 Å². The molecule has 0 spiro atoms. The molecule has 1 aromatic carbocycles. The minimum Gasteiger partial charge on any atom is -0.469 e. The SMILES string of the molecule is C=S1C(C(=O)CCC(=O)OC)=CC2=CC=C(CNC(=S)NCc3ccc4cc(C(=O)CCC(=O)OC)sc4c3)CC21. The summed E-state index contributed by atoms with van der Waals surface area (Å²) in [5, 5.41) is 8.17. The van der Waals surface area contributed by atoms with Gasteiger partial charge in [-0.2, -0.15) is 10.5 Å². The first-order chi connectivity index (χ1) is 19.7. The third-order valence-corrected chi connectivity index (χ3v) is 10.3. The normalized spacial score (nSPS) is 17.6. The molecule has 1 aliphatic heterocycles. The summed E-state index contributed by atoms with van der Waals surface area (Å²) in [4.78, 5) is 49.2. The number of carbonyl (C=O) groups excluding carboxylic acids is 4. The van der Waals surface area contributed by atoms with E-state index in [0.717, 1.165) is 27.6 Å². The van der Waals surface area contributed by atoms with Crippen molar-refractivity contribution in [3.63, 3.8) is 0 Å². The van der Waals surface area contributed by atoms with E-state index in [0.29, 0.717) is 28.0 Å². The van der Waals surface area contributed by atoms with Crippen LogP contribution < -0.4 is 10.6 Å². The third-order valence-electron chi connectivity index (χ3n) is 6.89. The van der Waals surface area contributed by atoms with Crippen molar-refractivity contribution in [1.82, 2.24) is 10.6 Å². The fourth-order valence-corrected chi connectivity index (χ4v) is 7.65. The molecule has 2 N–H and O–H groups in total. The summed E-state index contributed by atoms with van der Waals surface area (Å²) >= 11 is 6.91. The Labute approximate surface area is 250 Å². The maximum atomic E-state index is 12.6. The van der Waals surface area contributed by atoms with Crippen LogP contribution in [-0.4, -0.2) is 60.5 Å².